The van der Waals surface area contributed by atoms with Gasteiger partial charge >= 0.3 is 5.97 Å². The van der Waals surface area contributed by atoms with Crippen LogP contribution >= 0.6 is 0 Å². The third-order valence-corrected chi connectivity index (χ3v) is 3.47. The van der Waals surface area contributed by atoms with E-state index >= 15 is 0 Å². The minimum Gasteiger partial charge on any atom is -0.481 e. The molecule has 0 radical (unpaired) electrons. The van der Waals surface area contributed by atoms with Gasteiger partial charge in [-0.25, -0.2) is 0 Å². The van der Waals surface area contributed by atoms with E-state index in [9.17, 15) is 4.79 Å². The van der Waals surface area contributed by atoms with E-state index in [1.54, 1.807) is 7.11 Å². The highest BCUT2D eigenvalue weighted by Gasteiger charge is 2.10. The highest BCUT2D eigenvalue weighted by molar-refractivity contribution is 5.66. The summed E-state index contributed by atoms with van der Waals surface area (Å²) in [6, 6.07) is 0. The van der Waals surface area contributed by atoms with Crippen molar-refractivity contribution in [3.8, 4) is 0 Å². The van der Waals surface area contributed by atoms with Gasteiger partial charge in [-0.2, -0.15) is 0 Å². The molecule has 1 N–H and O–H groups in total. The van der Waals surface area contributed by atoms with Gasteiger partial charge in [0.05, 0.1) is 26.2 Å². The summed E-state index contributed by atoms with van der Waals surface area (Å²) in [7, 11) is 1.60. The number of rotatable bonds is 17. The number of hydrogen-bond acceptors (Lipinski definition) is 4. The Morgan fingerprint density at radius 1 is 0.955 bits per heavy atom. The SMILES string of the molecule is CCCCCCCCCCOCC(COC)OCCC(=O)O. The van der Waals surface area contributed by atoms with Crippen LogP contribution in [0.3, 0.4) is 0 Å². The van der Waals surface area contributed by atoms with E-state index in [4.69, 9.17) is 19.3 Å². The fraction of sp³-hybridized carbons (Fsp3) is 0.941. The molecule has 132 valence electrons. The average molecular weight is 318 g/mol. The van der Waals surface area contributed by atoms with E-state index in [0.29, 0.717) is 13.2 Å². The number of methoxy groups -OCH3 is 1. The lowest BCUT2D eigenvalue weighted by Crippen LogP contribution is -2.26. The van der Waals surface area contributed by atoms with Crippen LogP contribution in [0.15, 0.2) is 0 Å². The summed E-state index contributed by atoms with van der Waals surface area (Å²) in [6.45, 7) is 4.06. The zero-order chi connectivity index (χ0) is 16.5. The Morgan fingerprint density at radius 3 is 2.18 bits per heavy atom. The van der Waals surface area contributed by atoms with Crippen LogP contribution in [0.5, 0.6) is 0 Å². The van der Waals surface area contributed by atoms with Crippen LogP contribution in [-0.2, 0) is 19.0 Å². The molecular formula is C17H34O5. The lowest BCUT2D eigenvalue weighted by atomic mass is 10.1. The lowest BCUT2D eigenvalue weighted by molar-refractivity contribution is -0.139. The fourth-order valence-electron chi connectivity index (χ4n) is 2.20. The summed E-state index contributed by atoms with van der Waals surface area (Å²) in [5, 5.41) is 8.58. The Labute approximate surface area is 135 Å². The second kappa shape index (κ2) is 16.7. The fourth-order valence-corrected chi connectivity index (χ4v) is 2.20. The predicted octanol–water partition coefficient (Wildman–Crippen LogP) is 3.65. The largest absolute Gasteiger partial charge is 0.481 e. The molecule has 0 aromatic carbocycles. The number of hydrogen-bond donors (Lipinski definition) is 1. The van der Waals surface area contributed by atoms with Crippen molar-refractivity contribution in [2.45, 2.75) is 70.8 Å². The predicted molar refractivity (Wildman–Crippen MR) is 87.3 cm³/mol. The van der Waals surface area contributed by atoms with Gasteiger partial charge in [-0.05, 0) is 6.42 Å². The lowest BCUT2D eigenvalue weighted by Gasteiger charge is -2.16. The van der Waals surface area contributed by atoms with Crippen LogP contribution < -0.4 is 0 Å². The molecule has 0 aromatic rings. The molecule has 5 heteroatoms. The van der Waals surface area contributed by atoms with E-state index < -0.39 is 5.97 Å². The zero-order valence-electron chi connectivity index (χ0n) is 14.3. The van der Waals surface area contributed by atoms with Crippen molar-refractivity contribution in [1.82, 2.24) is 0 Å². The number of aliphatic carboxylic acids is 1. The highest BCUT2D eigenvalue weighted by Crippen LogP contribution is 2.08. The molecule has 1 atom stereocenters. The van der Waals surface area contributed by atoms with Gasteiger partial charge in [0.15, 0.2) is 0 Å². The van der Waals surface area contributed by atoms with Crippen molar-refractivity contribution >= 4 is 5.97 Å². The molecular weight excluding hydrogens is 284 g/mol. The van der Waals surface area contributed by atoms with Crippen LogP contribution in [0, 0.1) is 0 Å². The third kappa shape index (κ3) is 15.7. The van der Waals surface area contributed by atoms with Crippen LogP contribution in [0.25, 0.3) is 0 Å². The summed E-state index contributed by atoms with van der Waals surface area (Å²) < 4.78 is 16.1. The molecule has 1 unspecified atom stereocenters. The molecule has 0 heterocycles. The van der Waals surface area contributed by atoms with E-state index in [1.165, 1.54) is 44.9 Å². The maximum absolute atomic E-state index is 10.4. The van der Waals surface area contributed by atoms with Crippen molar-refractivity contribution in [3.63, 3.8) is 0 Å². The first kappa shape index (κ1) is 21.4. The van der Waals surface area contributed by atoms with Gasteiger partial charge in [-0.15, -0.1) is 0 Å². The summed E-state index contributed by atoms with van der Waals surface area (Å²) in [5.74, 6) is -0.851. The number of carboxylic acids is 1. The molecule has 5 nitrogen and oxygen atoms in total. The highest BCUT2D eigenvalue weighted by atomic mass is 16.6. The summed E-state index contributed by atoms with van der Waals surface area (Å²) in [5.41, 5.74) is 0. The molecule has 0 saturated carbocycles. The Morgan fingerprint density at radius 2 is 1.59 bits per heavy atom. The number of carboxylic acid groups (broad SMARTS) is 1. The van der Waals surface area contributed by atoms with Crippen molar-refractivity contribution < 1.29 is 24.1 Å². The number of ether oxygens (including phenoxy) is 3. The van der Waals surface area contributed by atoms with Crippen LogP contribution in [0.2, 0.25) is 0 Å². The minimum absolute atomic E-state index is 0.0121. The molecule has 0 fully saturated rings. The molecule has 0 bridgehead atoms. The van der Waals surface area contributed by atoms with E-state index in [2.05, 4.69) is 6.92 Å². The van der Waals surface area contributed by atoms with Crippen molar-refractivity contribution in [2.24, 2.45) is 0 Å². The normalized spacial score (nSPS) is 12.5. The number of carbonyl (C=O) groups is 1. The van der Waals surface area contributed by atoms with E-state index in [-0.39, 0.29) is 19.1 Å². The Bertz CT molecular complexity index is 245. The Kier molecular flexibility index (Phi) is 16.2. The second-order valence-electron chi connectivity index (χ2n) is 5.64. The van der Waals surface area contributed by atoms with Crippen molar-refractivity contribution in [2.75, 3.05) is 33.5 Å². The van der Waals surface area contributed by atoms with Crippen LogP contribution in [0.4, 0.5) is 0 Å². The van der Waals surface area contributed by atoms with Gasteiger partial charge in [0.25, 0.3) is 0 Å². The average Bonchev–Trinajstić information content (AvgIpc) is 2.48. The summed E-state index contributed by atoms with van der Waals surface area (Å²) >= 11 is 0. The molecule has 0 spiro atoms. The van der Waals surface area contributed by atoms with Gasteiger partial charge in [-0.3, -0.25) is 4.79 Å². The topological polar surface area (TPSA) is 65.0 Å². The molecule has 0 aliphatic heterocycles. The second-order valence-corrected chi connectivity index (χ2v) is 5.64. The van der Waals surface area contributed by atoms with E-state index in [1.807, 2.05) is 0 Å². The first-order chi connectivity index (χ1) is 10.7. The van der Waals surface area contributed by atoms with Crippen molar-refractivity contribution in [1.29, 1.82) is 0 Å². The number of unbranched alkanes of at least 4 members (excludes halogenated alkanes) is 7. The Balaban J connectivity index is 3.41. The minimum atomic E-state index is -0.851. The molecule has 0 aliphatic carbocycles. The molecule has 0 amide bonds. The third-order valence-electron chi connectivity index (χ3n) is 3.47. The molecule has 0 saturated heterocycles. The van der Waals surface area contributed by atoms with Gasteiger partial charge < -0.3 is 19.3 Å². The maximum Gasteiger partial charge on any atom is 0.305 e. The van der Waals surface area contributed by atoms with Crippen LogP contribution in [0.1, 0.15) is 64.7 Å². The van der Waals surface area contributed by atoms with Gasteiger partial charge in [0, 0.05) is 13.7 Å². The standard InChI is InChI=1S/C17H34O5/c1-3-4-5-6-7-8-9-10-12-21-15-16(14-20-2)22-13-11-17(18)19/h16H,3-15H2,1-2H3,(H,18,19). The molecule has 0 aromatic heterocycles. The van der Waals surface area contributed by atoms with Gasteiger partial charge in [0.1, 0.15) is 6.10 Å². The van der Waals surface area contributed by atoms with Crippen molar-refractivity contribution in [3.05, 3.63) is 0 Å². The molecule has 0 rings (SSSR count). The smallest absolute Gasteiger partial charge is 0.305 e. The first-order valence-corrected chi connectivity index (χ1v) is 8.60. The Hall–Kier alpha value is -0.650. The summed E-state index contributed by atoms with van der Waals surface area (Å²) in [4.78, 5) is 10.4. The van der Waals surface area contributed by atoms with Crippen LogP contribution in [-0.4, -0.2) is 50.7 Å². The molecule has 22 heavy (non-hydrogen) atoms. The summed E-state index contributed by atoms with van der Waals surface area (Å²) in [6.07, 6.45) is 10.1. The quantitative estimate of drug-likeness (QED) is 0.415. The first-order valence-electron chi connectivity index (χ1n) is 8.60. The zero-order valence-corrected chi connectivity index (χ0v) is 14.3. The monoisotopic (exact) mass is 318 g/mol. The maximum atomic E-state index is 10.4. The van der Waals surface area contributed by atoms with Gasteiger partial charge in [-0.1, -0.05) is 51.9 Å². The van der Waals surface area contributed by atoms with Gasteiger partial charge in [0.2, 0.25) is 0 Å². The van der Waals surface area contributed by atoms with E-state index in [0.717, 1.165) is 13.0 Å². The molecule has 0 aliphatic rings.